The van der Waals surface area contributed by atoms with Crippen LogP contribution < -0.4 is 5.32 Å². The van der Waals surface area contributed by atoms with Gasteiger partial charge in [0.1, 0.15) is 11.6 Å². The Morgan fingerprint density at radius 3 is 2.33 bits per heavy atom. The molecule has 0 aliphatic carbocycles. The number of esters is 1. The van der Waals surface area contributed by atoms with Crippen LogP contribution in [0.5, 0.6) is 0 Å². The first-order chi connectivity index (χ1) is 9.54. The molecule has 0 heterocycles. The first-order valence-electron chi connectivity index (χ1n) is 6.70. The lowest BCUT2D eigenvalue weighted by molar-refractivity contribution is -0.175. The molecule has 1 atom stereocenters. The zero-order valence-corrected chi connectivity index (χ0v) is 12.9. The van der Waals surface area contributed by atoms with Gasteiger partial charge in [-0.2, -0.15) is 8.78 Å². The number of ether oxygens (including phenoxy) is 2. The van der Waals surface area contributed by atoms with Gasteiger partial charge in [-0.3, -0.25) is 0 Å². The summed E-state index contributed by atoms with van der Waals surface area (Å²) < 4.78 is 37.3. The molecule has 1 N–H and O–H groups in total. The fourth-order valence-electron chi connectivity index (χ4n) is 1.45. The van der Waals surface area contributed by atoms with Crippen molar-refractivity contribution in [2.75, 3.05) is 6.61 Å². The molecule has 0 bridgehead atoms. The Kier molecular flexibility index (Phi) is 7.32. The number of allylic oxidation sites excluding steroid dienone is 1. The van der Waals surface area contributed by atoms with Gasteiger partial charge in [0.25, 0.3) is 0 Å². The van der Waals surface area contributed by atoms with Gasteiger partial charge in [0, 0.05) is 0 Å². The molecule has 0 aliphatic rings. The van der Waals surface area contributed by atoms with E-state index in [9.17, 15) is 18.4 Å². The van der Waals surface area contributed by atoms with Gasteiger partial charge in [0.05, 0.1) is 6.61 Å². The molecule has 21 heavy (non-hydrogen) atoms. The van der Waals surface area contributed by atoms with Crippen LogP contribution in [0.1, 0.15) is 40.5 Å². The van der Waals surface area contributed by atoms with Crippen LogP contribution in [0.25, 0.3) is 0 Å². The lowest BCUT2D eigenvalue weighted by Gasteiger charge is -2.27. The van der Waals surface area contributed by atoms with Crippen LogP contribution in [0.15, 0.2) is 12.7 Å². The van der Waals surface area contributed by atoms with E-state index in [-0.39, 0.29) is 19.4 Å². The number of halogens is 2. The smallest absolute Gasteiger partial charge is 0.408 e. The summed E-state index contributed by atoms with van der Waals surface area (Å²) in [6.07, 6.45) is 0.454. The Bertz CT molecular complexity index is 378. The predicted octanol–water partition coefficient (Wildman–Crippen LogP) is 3.04. The average molecular weight is 307 g/mol. The highest BCUT2D eigenvalue weighted by atomic mass is 19.3. The summed E-state index contributed by atoms with van der Waals surface area (Å²) >= 11 is 0. The maximum atomic E-state index is 14.0. The molecule has 0 aromatic carbocycles. The van der Waals surface area contributed by atoms with Gasteiger partial charge in [-0.15, -0.1) is 6.58 Å². The molecule has 0 aromatic rings. The average Bonchev–Trinajstić information content (AvgIpc) is 2.32. The molecular weight excluding hydrogens is 284 g/mol. The Morgan fingerprint density at radius 1 is 1.33 bits per heavy atom. The van der Waals surface area contributed by atoms with Gasteiger partial charge in [-0.05, 0) is 40.5 Å². The van der Waals surface area contributed by atoms with Crippen molar-refractivity contribution in [2.24, 2.45) is 0 Å². The molecule has 0 saturated heterocycles. The normalized spacial score (nSPS) is 13.2. The molecule has 0 spiro atoms. The zero-order valence-electron chi connectivity index (χ0n) is 12.9. The Morgan fingerprint density at radius 2 is 1.90 bits per heavy atom. The first-order valence-corrected chi connectivity index (χ1v) is 6.70. The number of nitrogens with one attached hydrogen (secondary N) is 1. The van der Waals surface area contributed by atoms with Crippen molar-refractivity contribution >= 4 is 12.1 Å². The minimum atomic E-state index is -3.84. The van der Waals surface area contributed by atoms with Crippen molar-refractivity contribution in [1.82, 2.24) is 5.32 Å². The number of carbonyl (C=O) groups excluding carboxylic acids is 2. The molecule has 0 aliphatic heterocycles. The van der Waals surface area contributed by atoms with Gasteiger partial charge >= 0.3 is 18.0 Å². The summed E-state index contributed by atoms with van der Waals surface area (Å²) in [7, 11) is 0. The second-order valence-corrected chi connectivity index (χ2v) is 5.41. The summed E-state index contributed by atoms with van der Waals surface area (Å²) in [6, 6.07) is -1.72. The SMILES string of the molecule is C=CCCC(NC(=O)OC(C)(C)C)C(F)(F)C(=O)OCC. The Labute approximate surface area is 123 Å². The van der Waals surface area contributed by atoms with Crippen molar-refractivity contribution < 1.29 is 27.8 Å². The van der Waals surface area contributed by atoms with Gasteiger partial charge in [0.2, 0.25) is 0 Å². The highest BCUT2D eigenvalue weighted by Gasteiger charge is 2.49. The number of carbonyl (C=O) groups is 2. The third-order valence-corrected chi connectivity index (χ3v) is 2.34. The van der Waals surface area contributed by atoms with Crippen LogP contribution in [0, 0.1) is 0 Å². The van der Waals surface area contributed by atoms with E-state index in [2.05, 4.69) is 11.3 Å². The van der Waals surface area contributed by atoms with E-state index in [4.69, 9.17) is 4.74 Å². The predicted molar refractivity (Wildman–Crippen MR) is 74.2 cm³/mol. The minimum Gasteiger partial charge on any atom is -0.461 e. The van der Waals surface area contributed by atoms with Crippen LogP contribution in [-0.2, 0) is 14.3 Å². The van der Waals surface area contributed by atoms with Crippen molar-refractivity contribution in [3.8, 4) is 0 Å². The van der Waals surface area contributed by atoms with E-state index in [1.165, 1.54) is 13.0 Å². The third kappa shape index (κ3) is 7.06. The summed E-state index contributed by atoms with van der Waals surface area (Å²) in [4.78, 5) is 23.0. The number of hydrogen-bond donors (Lipinski definition) is 1. The molecule has 0 radical (unpaired) electrons. The first kappa shape index (κ1) is 19.3. The standard InChI is InChI=1S/C14H23F2NO4/c1-6-8-9-10(14(15,16)11(18)20-7-2)17-12(19)21-13(3,4)5/h6,10H,1,7-9H2,2-5H3,(H,17,19). The van der Waals surface area contributed by atoms with Gasteiger partial charge in [0.15, 0.2) is 0 Å². The Hall–Kier alpha value is -1.66. The molecule has 5 nitrogen and oxygen atoms in total. The zero-order chi connectivity index (χ0) is 16.7. The molecule has 7 heteroatoms. The fourth-order valence-corrected chi connectivity index (χ4v) is 1.45. The van der Waals surface area contributed by atoms with Crippen LogP contribution in [0.4, 0.5) is 13.6 Å². The number of rotatable bonds is 7. The lowest BCUT2D eigenvalue weighted by Crippen LogP contribution is -2.53. The third-order valence-electron chi connectivity index (χ3n) is 2.34. The summed E-state index contributed by atoms with van der Waals surface area (Å²) in [5.41, 5.74) is -0.827. The van der Waals surface area contributed by atoms with E-state index in [1.54, 1.807) is 20.8 Å². The molecule has 0 saturated carbocycles. The number of alkyl carbamates (subject to hydrolysis) is 1. The van der Waals surface area contributed by atoms with E-state index in [0.717, 1.165) is 0 Å². The summed E-state index contributed by atoms with van der Waals surface area (Å²) in [5, 5.41) is 2.03. The highest BCUT2D eigenvalue weighted by molar-refractivity contribution is 5.80. The summed E-state index contributed by atoms with van der Waals surface area (Å²) in [6.45, 7) is 9.50. The number of amides is 1. The topological polar surface area (TPSA) is 64.6 Å². The van der Waals surface area contributed by atoms with Gasteiger partial charge in [-0.25, -0.2) is 9.59 Å². The second-order valence-electron chi connectivity index (χ2n) is 5.41. The number of alkyl halides is 2. The van der Waals surface area contributed by atoms with Gasteiger partial charge < -0.3 is 14.8 Å². The van der Waals surface area contributed by atoms with Gasteiger partial charge in [-0.1, -0.05) is 6.08 Å². The molecule has 0 rings (SSSR count). The molecule has 1 amide bonds. The quantitative estimate of drug-likeness (QED) is 0.580. The van der Waals surface area contributed by atoms with E-state index in [1.807, 2.05) is 5.32 Å². The molecule has 1 unspecified atom stereocenters. The maximum absolute atomic E-state index is 14.0. The molecular formula is C14H23F2NO4. The van der Waals surface area contributed by atoms with Crippen LogP contribution in [-0.4, -0.2) is 36.2 Å². The van der Waals surface area contributed by atoms with Crippen molar-refractivity contribution in [3.63, 3.8) is 0 Å². The largest absolute Gasteiger partial charge is 0.461 e. The Balaban J connectivity index is 4.97. The number of hydrogen-bond acceptors (Lipinski definition) is 4. The van der Waals surface area contributed by atoms with Crippen LogP contribution in [0.3, 0.4) is 0 Å². The second kappa shape index (κ2) is 7.95. The molecule has 0 fully saturated rings. The molecule has 0 aromatic heterocycles. The van der Waals surface area contributed by atoms with Crippen molar-refractivity contribution in [3.05, 3.63) is 12.7 Å². The highest BCUT2D eigenvalue weighted by Crippen LogP contribution is 2.24. The van der Waals surface area contributed by atoms with E-state index >= 15 is 0 Å². The van der Waals surface area contributed by atoms with Crippen molar-refractivity contribution in [1.29, 1.82) is 0 Å². The molecule has 122 valence electrons. The fraction of sp³-hybridized carbons (Fsp3) is 0.714. The summed E-state index contributed by atoms with van der Waals surface area (Å²) in [5.74, 6) is -5.51. The van der Waals surface area contributed by atoms with E-state index in [0.29, 0.717) is 0 Å². The van der Waals surface area contributed by atoms with E-state index < -0.39 is 29.6 Å². The monoisotopic (exact) mass is 307 g/mol. The maximum Gasteiger partial charge on any atom is 0.408 e. The lowest BCUT2D eigenvalue weighted by atomic mass is 10.0. The minimum absolute atomic E-state index is 0.158. The van der Waals surface area contributed by atoms with Crippen molar-refractivity contribution in [2.45, 2.75) is 58.1 Å². The van der Waals surface area contributed by atoms with Crippen LogP contribution >= 0.6 is 0 Å². The van der Waals surface area contributed by atoms with Crippen LogP contribution in [0.2, 0.25) is 0 Å².